The van der Waals surface area contributed by atoms with Crippen LogP contribution in [-0.2, 0) is 14.4 Å². The maximum absolute atomic E-state index is 13.7. The smallest absolute Gasteiger partial charge is 0.248 e. The van der Waals surface area contributed by atoms with Gasteiger partial charge in [0, 0.05) is 42.7 Å². The van der Waals surface area contributed by atoms with Crippen molar-refractivity contribution in [2.45, 2.75) is 43.8 Å². The molecule has 13 heteroatoms. The van der Waals surface area contributed by atoms with Crippen LogP contribution >= 0.6 is 15.9 Å². The maximum Gasteiger partial charge on any atom is 0.248 e. The number of halogens is 1. The van der Waals surface area contributed by atoms with Crippen LogP contribution in [0.1, 0.15) is 37.3 Å². The lowest BCUT2D eigenvalue weighted by Crippen LogP contribution is -2.50. The summed E-state index contributed by atoms with van der Waals surface area (Å²) in [5, 5.41) is 4.40. The van der Waals surface area contributed by atoms with Crippen LogP contribution in [-0.4, -0.2) is 74.3 Å². The quantitative estimate of drug-likeness (QED) is 0.334. The van der Waals surface area contributed by atoms with Gasteiger partial charge in [-0.2, -0.15) is 5.01 Å². The second-order valence-electron chi connectivity index (χ2n) is 11.3. The van der Waals surface area contributed by atoms with Gasteiger partial charge in [-0.05, 0) is 77.4 Å². The highest BCUT2D eigenvalue weighted by atomic mass is 79.9. The minimum Gasteiger partial charge on any atom is -0.368 e. The largest absolute Gasteiger partial charge is 0.368 e. The molecule has 2 saturated heterocycles. The van der Waals surface area contributed by atoms with Gasteiger partial charge in [0.2, 0.25) is 23.7 Å². The number of rotatable bonds is 7. The van der Waals surface area contributed by atoms with Crippen molar-refractivity contribution in [1.29, 1.82) is 0 Å². The molecule has 1 aliphatic carbocycles. The zero-order valence-corrected chi connectivity index (χ0v) is 24.3. The van der Waals surface area contributed by atoms with Crippen LogP contribution in [0.4, 0.5) is 17.5 Å². The van der Waals surface area contributed by atoms with Gasteiger partial charge in [0.05, 0.1) is 12.2 Å². The van der Waals surface area contributed by atoms with E-state index < -0.39 is 18.0 Å². The number of hydrazine groups is 1. The van der Waals surface area contributed by atoms with Crippen LogP contribution in [0.2, 0.25) is 0 Å². The molecule has 1 unspecified atom stereocenters. The fourth-order valence-corrected chi connectivity index (χ4v) is 6.75. The highest BCUT2D eigenvalue weighted by molar-refractivity contribution is 9.10. The van der Waals surface area contributed by atoms with Gasteiger partial charge in [-0.1, -0.05) is 12.1 Å². The van der Waals surface area contributed by atoms with Crippen LogP contribution in [0.25, 0.3) is 11.1 Å². The third-order valence-corrected chi connectivity index (χ3v) is 8.96. The molecular formula is C29H30BrN9O3. The van der Waals surface area contributed by atoms with Crippen LogP contribution in [0.3, 0.4) is 0 Å². The molecule has 1 aromatic carbocycles. The number of piperidine rings is 1. The second-order valence-corrected chi connectivity index (χ2v) is 12.1. The number of nitrogens with two attached hydrogens (primary N) is 1. The SMILES string of the molecule is NC(=O)C1c2cc(-c3cnc(N4CCCC4)nc3)ccc2NN1CC(=O)N1[C@@H]2C[C@H]2C[C@H]1C(=O)Nc1cccc(Br)n1. The Morgan fingerprint density at radius 1 is 1.05 bits per heavy atom. The van der Waals surface area contributed by atoms with E-state index in [0.717, 1.165) is 49.4 Å². The van der Waals surface area contributed by atoms with Crippen molar-refractivity contribution < 1.29 is 14.4 Å². The third-order valence-electron chi connectivity index (χ3n) is 8.52. The average molecular weight is 633 g/mol. The van der Waals surface area contributed by atoms with Gasteiger partial charge in [-0.15, -0.1) is 0 Å². The minimum atomic E-state index is -0.857. The first-order valence-electron chi connectivity index (χ1n) is 14.1. The molecule has 3 fully saturated rings. The molecule has 12 nitrogen and oxygen atoms in total. The molecular weight excluding hydrogens is 602 g/mol. The normalized spacial score (nSPS) is 24.2. The first kappa shape index (κ1) is 26.8. The Labute approximate surface area is 250 Å². The van der Waals surface area contributed by atoms with Crippen molar-refractivity contribution in [3.8, 4) is 11.1 Å². The Morgan fingerprint density at radius 2 is 1.83 bits per heavy atom. The molecule has 7 rings (SSSR count). The predicted octanol–water partition coefficient (Wildman–Crippen LogP) is 2.70. The molecule has 4 atom stereocenters. The molecule has 1 saturated carbocycles. The van der Waals surface area contributed by atoms with Gasteiger partial charge in [0.15, 0.2) is 0 Å². The number of hydrogen-bond acceptors (Lipinski definition) is 9. The summed E-state index contributed by atoms with van der Waals surface area (Å²) in [5.41, 5.74) is 12.1. The monoisotopic (exact) mass is 631 g/mol. The molecule has 0 bridgehead atoms. The molecule has 3 aliphatic heterocycles. The number of carbonyl (C=O) groups is 3. The molecule has 0 spiro atoms. The van der Waals surface area contributed by atoms with Crippen LogP contribution in [0, 0.1) is 5.92 Å². The molecule has 2 aromatic heterocycles. The summed E-state index contributed by atoms with van der Waals surface area (Å²) in [6.07, 6.45) is 7.35. The van der Waals surface area contributed by atoms with E-state index in [2.05, 4.69) is 46.5 Å². The number of nitrogens with zero attached hydrogens (tertiary/aromatic N) is 6. The molecule has 5 heterocycles. The van der Waals surface area contributed by atoms with E-state index in [0.29, 0.717) is 34.0 Å². The van der Waals surface area contributed by atoms with E-state index in [1.165, 1.54) is 0 Å². The summed E-state index contributed by atoms with van der Waals surface area (Å²) in [5.74, 6) is 0.358. The molecule has 3 aromatic rings. The van der Waals surface area contributed by atoms with Crippen molar-refractivity contribution in [2.75, 3.05) is 35.3 Å². The number of anilines is 3. The number of primary amides is 1. The molecule has 0 radical (unpaired) electrons. The summed E-state index contributed by atoms with van der Waals surface area (Å²) in [4.78, 5) is 56.8. The van der Waals surface area contributed by atoms with Crippen molar-refractivity contribution in [2.24, 2.45) is 11.7 Å². The number of hydrogen-bond donors (Lipinski definition) is 3. The summed E-state index contributed by atoms with van der Waals surface area (Å²) < 4.78 is 0.606. The standard InChI is InChI=1S/C29H30BrN9O3/c30-23-4-3-5-24(34-23)35-28(42)22-12-17-11-21(17)39(22)25(40)15-38-26(27(31)41)19-10-16(6-7-20(19)36-38)18-13-32-29(33-14-18)37-8-1-2-9-37/h3-7,10,13-14,17,21-22,26,36H,1-2,8-9,11-12,15H2,(H2,31,41)(H,34,35,42)/t17-,21+,22-,26?/m0/s1. The van der Waals surface area contributed by atoms with Crippen LogP contribution < -0.4 is 21.4 Å². The van der Waals surface area contributed by atoms with E-state index in [9.17, 15) is 14.4 Å². The Morgan fingerprint density at radius 3 is 2.57 bits per heavy atom. The molecule has 42 heavy (non-hydrogen) atoms. The lowest BCUT2D eigenvalue weighted by atomic mass is 10.00. The number of fused-ring (bicyclic) bond motifs is 2. The van der Waals surface area contributed by atoms with Crippen LogP contribution in [0.15, 0.2) is 53.4 Å². The maximum atomic E-state index is 13.7. The van der Waals surface area contributed by atoms with Crippen LogP contribution in [0.5, 0.6) is 0 Å². The number of nitrogens with one attached hydrogen (secondary N) is 2. The average Bonchev–Trinajstić information content (AvgIpc) is 3.33. The fraction of sp³-hybridized carbons (Fsp3) is 0.379. The van der Waals surface area contributed by atoms with E-state index in [4.69, 9.17) is 5.73 Å². The van der Waals surface area contributed by atoms with Gasteiger partial charge >= 0.3 is 0 Å². The lowest BCUT2D eigenvalue weighted by Gasteiger charge is -2.30. The molecule has 3 amide bonds. The zero-order valence-electron chi connectivity index (χ0n) is 22.7. The third kappa shape index (κ3) is 4.96. The highest BCUT2D eigenvalue weighted by Crippen LogP contribution is 2.48. The summed E-state index contributed by atoms with van der Waals surface area (Å²) in [6, 6.07) is 9.51. The van der Waals surface area contributed by atoms with Gasteiger partial charge in [0.1, 0.15) is 22.5 Å². The number of carbonyl (C=O) groups excluding carboxylic acids is 3. The number of aromatic nitrogens is 3. The second kappa shape index (κ2) is 10.6. The van der Waals surface area contributed by atoms with Crippen molar-refractivity contribution in [3.05, 3.63) is 59.0 Å². The lowest BCUT2D eigenvalue weighted by molar-refractivity contribution is -0.139. The summed E-state index contributed by atoms with van der Waals surface area (Å²) >= 11 is 3.31. The first-order valence-corrected chi connectivity index (χ1v) is 14.9. The van der Waals surface area contributed by atoms with E-state index in [1.54, 1.807) is 40.5 Å². The Kier molecular flexibility index (Phi) is 6.77. The van der Waals surface area contributed by atoms with Crippen molar-refractivity contribution >= 4 is 51.1 Å². The predicted molar refractivity (Wildman–Crippen MR) is 159 cm³/mol. The van der Waals surface area contributed by atoms with Crippen molar-refractivity contribution in [3.63, 3.8) is 0 Å². The summed E-state index contributed by atoms with van der Waals surface area (Å²) in [7, 11) is 0. The topological polar surface area (TPSA) is 150 Å². The van der Waals surface area contributed by atoms with Gasteiger partial charge in [0.25, 0.3) is 0 Å². The molecule has 216 valence electrons. The van der Waals surface area contributed by atoms with Gasteiger partial charge < -0.3 is 26.3 Å². The fourth-order valence-electron chi connectivity index (χ4n) is 6.41. The van der Waals surface area contributed by atoms with E-state index >= 15 is 0 Å². The molecule has 4 N–H and O–H groups in total. The number of pyridine rings is 1. The zero-order chi connectivity index (χ0) is 29.0. The first-order chi connectivity index (χ1) is 20.4. The van der Waals surface area contributed by atoms with E-state index in [1.807, 2.05) is 18.2 Å². The Hall–Kier alpha value is -4.10. The summed E-state index contributed by atoms with van der Waals surface area (Å²) in [6.45, 7) is 1.81. The Bertz CT molecular complexity index is 1560. The van der Waals surface area contributed by atoms with E-state index in [-0.39, 0.29) is 24.4 Å². The number of likely N-dealkylation sites (tertiary alicyclic amines) is 1. The number of benzene rings is 1. The molecule has 4 aliphatic rings. The minimum absolute atomic E-state index is 0.0239. The van der Waals surface area contributed by atoms with Gasteiger partial charge in [-0.25, -0.2) is 15.0 Å². The Balaban J connectivity index is 1.07. The van der Waals surface area contributed by atoms with Gasteiger partial charge in [-0.3, -0.25) is 14.4 Å². The number of amides is 3. The highest BCUT2D eigenvalue weighted by Gasteiger charge is 2.56. The van der Waals surface area contributed by atoms with Crippen molar-refractivity contribution in [1.82, 2.24) is 24.9 Å².